The maximum atomic E-state index is 12.9. The van der Waals surface area contributed by atoms with Gasteiger partial charge in [-0.05, 0) is 49.6 Å². The molecule has 0 bridgehead atoms. The van der Waals surface area contributed by atoms with E-state index in [0.717, 1.165) is 31.5 Å². The lowest BCUT2D eigenvalue weighted by molar-refractivity contribution is 0.0791. The third-order valence-corrected chi connectivity index (χ3v) is 6.62. The van der Waals surface area contributed by atoms with Crippen LogP contribution in [0, 0.1) is 6.92 Å². The quantitative estimate of drug-likeness (QED) is 0.322. The molecular formula is C27H31N7O4. The highest BCUT2D eigenvalue weighted by molar-refractivity contribution is 5.96. The van der Waals surface area contributed by atoms with Crippen LogP contribution in [0.15, 0.2) is 41.2 Å². The Morgan fingerprint density at radius 3 is 2.53 bits per heavy atom. The molecule has 3 aromatic heterocycles. The van der Waals surface area contributed by atoms with Crippen LogP contribution >= 0.6 is 0 Å². The molecule has 0 radical (unpaired) electrons. The number of nitrogens with zero attached hydrogens (tertiary/aromatic N) is 4. The van der Waals surface area contributed by atoms with Crippen molar-refractivity contribution in [1.29, 1.82) is 0 Å². The molecule has 4 aromatic rings. The van der Waals surface area contributed by atoms with Gasteiger partial charge in [0, 0.05) is 33.3 Å². The maximum absolute atomic E-state index is 12.9. The highest BCUT2D eigenvalue weighted by atomic mass is 16.5. The minimum absolute atomic E-state index is 0.0115. The number of aromatic amines is 1. The van der Waals surface area contributed by atoms with Gasteiger partial charge in [0.05, 0.1) is 36.3 Å². The number of benzene rings is 1. The van der Waals surface area contributed by atoms with Crippen LogP contribution in [-0.2, 0) is 18.4 Å². The van der Waals surface area contributed by atoms with Gasteiger partial charge >= 0.3 is 0 Å². The summed E-state index contributed by atoms with van der Waals surface area (Å²) in [5, 5.41) is 9.96. The molecule has 4 heterocycles. The first-order chi connectivity index (χ1) is 18.4. The number of H-pyrrole nitrogens is 1. The van der Waals surface area contributed by atoms with Crippen LogP contribution in [0.4, 0.5) is 23.0 Å². The number of likely N-dealkylation sites (tertiary alicyclic amines) is 1. The van der Waals surface area contributed by atoms with E-state index in [2.05, 4.69) is 25.7 Å². The van der Waals surface area contributed by atoms with Crippen LogP contribution in [0.2, 0.25) is 0 Å². The standard InChI is InChI=1S/C27H31N7O4/c1-16-18(26(35)34-11-5-6-12-34)8-10-22(28-16)30-23-14-20(24-25(31-23)32-33(2)27(24)36)29-19-9-7-17(15-37-3)13-21(19)38-4/h7-10,13-14H,5-6,11-12,15H2,1-4H3,(H3,28,29,30,31,32). The van der Waals surface area contributed by atoms with Crippen molar-refractivity contribution in [2.75, 3.05) is 37.9 Å². The number of carbonyl (C=O) groups excluding carboxylic acids is 1. The van der Waals surface area contributed by atoms with Crippen LogP contribution in [0.3, 0.4) is 0 Å². The summed E-state index contributed by atoms with van der Waals surface area (Å²) in [5.74, 6) is 1.64. The van der Waals surface area contributed by atoms with Crippen molar-refractivity contribution in [3.63, 3.8) is 0 Å². The third kappa shape index (κ3) is 4.92. The highest BCUT2D eigenvalue weighted by Crippen LogP contribution is 2.32. The summed E-state index contributed by atoms with van der Waals surface area (Å²) in [7, 11) is 4.87. The van der Waals surface area contributed by atoms with Gasteiger partial charge in [0.2, 0.25) is 0 Å². The number of fused-ring (bicyclic) bond motifs is 1. The van der Waals surface area contributed by atoms with E-state index in [-0.39, 0.29) is 11.5 Å². The largest absolute Gasteiger partial charge is 0.495 e. The van der Waals surface area contributed by atoms with Gasteiger partial charge in [0.1, 0.15) is 22.8 Å². The summed E-state index contributed by atoms with van der Waals surface area (Å²) in [6.07, 6.45) is 2.07. The number of anilines is 4. The molecule has 1 saturated heterocycles. The Balaban J connectivity index is 1.47. The molecule has 1 aromatic carbocycles. The van der Waals surface area contributed by atoms with Gasteiger partial charge in [-0.2, -0.15) is 0 Å². The van der Waals surface area contributed by atoms with Gasteiger partial charge in [0.25, 0.3) is 11.5 Å². The van der Waals surface area contributed by atoms with Gasteiger partial charge in [-0.15, -0.1) is 0 Å². The summed E-state index contributed by atoms with van der Waals surface area (Å²) in [6.45, 7) is 3.85. The maximum Gasteiger partial charge on any atom is 0.277 e. The summed E-state index contributed by atoms with van der Waals surface area (Å²) in [5.41, 5.74) is 3.64. The predicted molar refractivity (Wildman–Crippen MR) is 146 cm³/mol. The van der Waals surface area contributed by atoms with Crippen molar-refractivity contribution in [2.45, 2.75) is 26.4 Å². The summed E-state index contributed by atoms with van der Waals surface area (Å²) >= 11 is 0. The topological polar surface area (TPSA) is 126 Å². The van der Waals surface area contributed by atoms with Gasteiger partial charge in [-0.25, -0.2) is 9.97 Å². The predicted octanol–water partition coefficient (Wildman–Crippen LogP) is 3.84. The van der Waals surface area contributed by atoms with Gasteiger partial charge in [0.15, 0.2) is 5.65 Å². The second-order valence-electron chi connectivity index (χ2n) is 9.30. The number of nitrogens with one attached hydrogen (secondary N) is 3. The average Bonchev–Trinajstić information content (AvgIpc) is 3.53. The van der Waals surface area contributed by atoms with E-state index in [1.54, 1.807) is 39.5 Å². The molecule has 11 heteroatoms. The van der Waals surface area contributed by atoms with E-state index in [9.17, 15) is 9.59 Å². The fourth-order valence-corrected chi connectivity index (χ4v) is 4.70. The Morgan fingerprint density at radius 1 is 1.03 bits per heavy atom. The Hall–Kier alpha value is -4.38. The Morgan fingerprint density at radius 2 is 1.82 bits per heavy atom. The lowest BCUT2D eigenvalue weighted by atomic mass is 10.1. The van der Waals surface area contributed by atoms with E-state index < -0.39 is 0 Å². The number of aromatic nitrogens is 4. The molecule has 198 valence electrons. The molecule has 3 N–H and O–H groups in total. The Labute approximate surface area is 219 Å². The van der Waals surface area contributed by atoms with Crippen molar-refractivity contribution in [2.24, 2.45) is 7.05 Å². The molecule has 5 rings (SSSR count). The molecule has 0 spiro atoms. The number of ether oxygens (including phenoxy) is 2. The first-order valence-electron chi connectivity index (χ1n) is 12.4. The van der Waals surface area contributed by atoms with Gasteiger partial charge < -0.3 is 25.0 Å². The molecule has 0 aliphatic carbocycles. The van der Waals surface area contributed by atoms with E-state index in [1.165, 1.54) is 4.68 Å². The SMILES string of the molecule is COCc1ccc(Nc2cc(Nc3ccc(C(=O)N4CCCC4)c(C)n3)nc3[nH]n(C)c(=O)c23)c(OC)c1. The van der Waals surface area contributed by atoms with Crippen molar-refractivity contribution < 1.29 is 14.3 Å². The monoisotopic (exact) mass is 517 g/mol. The van der Waals surface area contributed by atoms with Crippen LogP contribution in [-0.4, -0.2) is 57.9 Å². The molecule has 1 aliphatic rings. The second-order valence-corrected chi connectivity index (χ2v) is 9.30. The minimum atomic E-state index is -0.213. The van der Waals surface area contributed by atoms with Crippen LogP contribution in [0.5, 0.6) is 5.75 Å². The van der Waals surface area contributed by atoms with E-state index in [1.807, 2.05) is 30.0 Å². The first kappa shape index (κ1) is 25.3. The molecule has 11 nitrogen and oxygen atoms in total. The molecule has 1 aliphatic heterocycles. The number of methoxy groups -OCH3 is 2. The smallest absolute Gasteiger partial charge is 0.277 e. The van der Waals surface area contributed by atoms with Crippen molar-refractivity contribution in [1.82, 2.24) is 24.6 Å². The fourth-order valence-electron chi connectivity index (χ4n) is 4.70. The van der Waals surface area contributed by atoms with Gasteiger partial charge in [-0.3, -0.25) is 19.4 Å². The minimum Gasteiger partial charge on any atom is -0.495 e. The van der Waals surface area contributed by atoms with Crippen molar-refractivity contribution in [3.05, 3.63) is 63.6 Å². The second kappa shape index (κ2) is 10.5. The zero-order chi connectivity index (χ0) is 26.8. The van der Waals surface area contributed by atoms with E-state index in [0.29, 0.717) is 57.7 Å². The Bertz CT molecular complexity index is 1550. The molecule has 0 unspecified atom stereocenters. The average molecular weight is 518 g/mol. The number of carbonyl (C=O) groups is 1. The van der Waals surface area contributed by atoms with Crippen LogP contribution in [0.25, 0.3) is 11.0 Å². The Kier molecular flexibility index (Phi) is 7.01. The zero-order valence-electron chi connectivity index (χ0n) is 21.9. The molecule has 1 fully saturated rings. The van der Waals surface area contributed by atoms with E-state index >= 15 is 0 Å². The fraction of sp³-hybridized carbons (Fsp3) is 0.333. The van der Waals surface area contributed by atoms with Crippen LogP contribution in [0.1, 0.15) is 34.5 Å². The number of rotatable bonds is 8. The summed E-state index contributed by atoms with van der Waals surface area (Å²) < 4.78 is 12.2. The molecule has 1 amide bonds. The van der Waals surface area contributed by atoms with Gasteiger partial charge in [-0.1, -0.05) is 6.07 Å². The molecular weight excluding hydrogens is 486 g/mol. The lowest BCUT2D eigenvalue weighted by Crippen LogP contribution is -2.28. The number of amides is 1. The van der Waals surface area contributed by atoms with E-state index in [4.69, 9.17) is 9.47 Å². The van der Waals surface area contributed by atoms with Crippen LogP contribution < -0.4 is 20.9 Å². The third-order valence-electron chi connectivity index (χ3n) is 6.62. The number of aryl methyl sites for hydroxylation is 2. The summed E-state index contributed by atoms with van der Waals surface area (Å²) in [6, 6.07) is 11.0. The number of hydrogen-bond acceptors (Lipinski definition) is 8. The lowest BCUT2D eigenvalue weighted by Gasteiger charge is -2.17. The zero-order valence-corrected chi connectivity index (χ0v) is 21.9. The molecule has 0 atom stereocenters. The molecule has 0 saturated carbocycles. The highest BCUT2D eigenvalue weighted by Gasteiger charge is 2.22. The van der Waals surface area contributed by atoms with Crippen molar-refractivity contribution >= 4 is 40.0 Å². The normalized spacial score (nSPS) is 13.2. The molecule has 38 heavy (non-hydrogen) atoms. The number of hydrogen-bond donors (Lipinski definition) is 3. The summed E-state index contributed by atoms with van der Waals surface area (Å²) in [4.78, 5) is 36.8. The van der Waals surface area contributed by atoms with Crippen molar-refractivity contribution in [3.8, 4) is 5.75 Å². The number of pyridine rings is 2. The first-order valence-corrected chi connectivity index (χ1v) is 12.4.